The summed E-state index contributed by atoms with van der Waals surface area (Å²) in [5, 5.41) is 9.97. The summed E-state index contributed by atoms with van der Waals surface area (Å²) in [7, 11) is 0. The number of hydrogen-bond donors (Lipinski definition) is 0. The van der Waals surface area contributed by atoms with Crippen LogP contribution in [0, 0.1) is 0 Å². The van der Waals surface area contributed by atoms with Crippen molar-refractivity contribution in [3.8, 4) is 113 Å². The van der Waals surface area contributed by atoms with Crippen LogP contribution < -0.4 is 0 Å². The Bertz CT molecular complexity index is 5730. The van der Waals surface area contributed by atoms with Gasteiger partial charge in [0.15, 0.2) is 0 Å². The Balaban J connectivity index is 0.000000143. The molecule has 0 bridgehead atoms. The predicted octanol–water partition coefficient (Wildman–Crippen LogP) is 21.4. The molecular formula is C86H54N6Se2. The van der Waals surface area contributed by atoms with Gasteiger partial charge in [-0.05, 0) is 0 Å². The van der Waals surface area contributed by atoms with E-state index in [1.54, 1.807) is 0 Å². The topological polar surface area (TPSA) is 77.3 Å². The minimum absolute atomic E-state index is 0.205. The van der Waals surface area contributed by atoms with Crippen LogP contribution in [0.2, 0.25) is 0 Å². The molecule has 18 rings (SSSR count). The molecule has 0 unspecified atom stereocenters. The zero-order valence-electron chi connectivity index (χ0n) is 50.7. The first-order valence-corrected chi connectivity index (χ1v) is 34.8. The number of benzene rings is 14. The Morgan fingerprint density at radius 1 is 0.181 bits per heavy atom. The van der Waals surface area contributed by atoms with E-state index in [1.807, 2.05) is 97.1 Å². The van der Waals surface area contributed by atoms with E-state index in [4.69, 9.17) is 29.9 Å². The predicted molar refractivity (Wildman–Crippen MR) is 393 cm³/mol. The Kier molecular flexibility index (Phi) is 14.9. The van der Waals surface area contributed by atoms with Crippen LogP contribution in [0.5, 0.6) is 0 Å². The van der Waals surface area contributed by atoms with Gasteiger partial charge in [-0.1, -0.05) is 48.5 Å². The molecule has 0 radical (unpaired) electrons. The fraction of sp³-hybridized carbons (Fsp3) is 0. The van der Waals surface area contributed by atoms with Crippen LogP contribution in [0.25, 0.3) is 173 Å². The second-order valence-corrected chi connectivity index (χ2v) is 27.6. The van der Waals surface area contributed by atoms with E-state index in [2.05, 4.69) is 231 Å². The maximum atomic E-state index is 5.12. The Morgan fingerprint density at radius 2 is 0.564 bits per heavy atom. The molecule has 0 fully saturated rings. The standard InChI is InChI=1S/2C43H27N3Se/c1-4-13-28(14-5-1)33-20-11-23-37-36-26-25-31(27-39(36)47-40(33)37)32-19-10-22-35-34(32)21-12-24-38(35)43-45-41(29-15-6-2-7-16-29)44-42(46-43)30-17-8-3-9-18-30;1-4-14-28(15-5-1)35-23-12-24-36-39-34(22-13-25-38(39)47-40(35)36)32-26-31-20-10-11-21-33(31)37(27-32)43-45-41(29-16-6-2-7-17-29)44-42(46-43)30-18-8-3-9-19-30/h2*1-27H. The van der Waals surface area contributed by atoms with Gasteiger partial charge in [0.1, 0.15) is 0 Å². The maximum absolute atomic E-state index is 5.12. The molecular weight excluding hydrogens is 1270 g/mol. The van der Waals surface area contributed by atoms with Gasteiger partial charge in [0, 0.05) is 0 Å². The van der Waals surface area contributed by atoms with E-state index in [9.17, 15) is 0 Å². The Hall–Kier alpha value is -11.3. The number of nitrogens with zero attached hydrogens (tertiary/aromatic N) is 6. The van der Waals surface area contributed by atoms with Crippen molar-refractivity contribution in [1.29, 1.82) is 0 Å². The molecule has 0 aliphatic heterocycles. The van der Waals surface area contributed by atoms with Crippen LogP contribution in [0.3, 0.4) is 0 Å². The minimum Gasteiger partial charge on any atom is -0.0615 e. The molecule has 8 heteroatoms. The van der Waals surface area contributed by atoms with E-state index < -0.39 is 0 Å². The number of aromatic nitrogens is 6. The van der Waals surface area contributed by atoms with Gasteiger partial charge in [-0.3, -0.25) is 0 Å². The second kappa shape index (κ2) is 24.7. The zero-order valence-corrected chi connectivity index (χ0v) is 54.1. The fourth-order valence-corrected chi connectivity index (χ4v) is 18.3. The van der Waals surface area contributed by atoms with E-state index in [-0.39, 0.29) is 29.0 Å². The first-order chi connectivity index (χ1) is 46.6. The van der Waals surface area contributed by atoms with Crippen molar-refractivity contribution in [1.82, 2.24) is 29.9 Å². The summed E-state index contributed by atoms with van der Waals surface area (Å²) in [5.74, 6) is 3.99. The third kappa shape index (κ3) is 10.7. The van der Waals surface area contributed by atoms with E-state index in [1.165, 1.54) is 82.9 Å². The van der Waals surface area contributed by atoms with Gasteiger partial charge in [-0.15, -0.1) is 0 Å². The van der Waals surface area contributed by atoms with Crippen LogP contribution in [-0.2, 0) is 0 Å². The molecule has 0 spiro atoms. The van der Waals surface area contributed by atoms with Gasteiger partial charge in [-0.25, -0.2) is 0 Å². The van der Waals surface area contributed by atoms with Crippen LogP contribution in [0.15, 0.2) is 328 Å². The van der Waals surface area contributed by atoms with Crippen molar-refractivity contribution in [3.05, 3.63) is 328 Å². The minimum atomic E-state index is 0.205. The van der Waals surface area contributed by atoms with Gasteiger partial charge < -0.3 is 0 Å². The molecule has 0 saturated heterocycles. The number of hydrogen-bond acceptors (Lipinski definition) is 6. The summed E-state index contributed by atoms with van der Waals surface area (Å²) >= 11 is 0.422. The van der Waals surface area contributed by atoms with Crippen LogP contribution in [0.1, 0.15) is 0 Å². The molecule has 0 aliphatic carbocycles. The average Bonchev–Trinajstić information content (AvgIpc) is 1.50. The fourth-order valence-electron chi connectivity index (χ4n) is 13.0. The van der Waals surface area contributed by atoms with E-state index in [0.717, 1.165) is 55.1 Å². The summed E-state index contributed by atoms with van der Waals surface area (Å²) in [5.41, 5.74) is 15.9. The van der Waals surface area contributed by atoms with E-state index >= 15 is 0 Å². The van der Waals surface area contributed by atoms with Crippen molar-refractivity contribution in [3.63, 3.8) is 0 Å². The van der Waals surface area contributed by atoms with Gasteiger partial charge >= 0.3 is 511 Å². The molecule has 0 amide bonds. The first-order valence-electron chi connectivity index (χ1n) is 31.4. The van der Waals surface area contributed by atoms with Crippen molar-refractivity contribution in [2.24, 2.45) is 0 Å². The third-order valence-electron chi connectivity index (χ3n) is 17.5. The van der Waals surface area contributed by atoms with Gasteiger partial charge in [-0.2, -0.15) is 0 Å². The SMILES string of the molecule is c1ccc(-c2nc(-c3ccccc3)nc(-c3cc(-c4cccc5[se]c6c(-c7ccccc7)cccc6c45)cc4ccccc34)n2)cc1.c1ccc(-c2nc(-c3ccccc3)nc(-c3cccc4c(-c5ccc6c(c5)[se]c5c(-c7ccccc7)cccc56)cccc34)n2)cc1. The van der Waals surface area contributed by atoms with Crippen molar-refractivity contribution in [2.75, 3.05) is 0 Å². The molecule has 18 aromatic rings. The smallest absolute Gasteiger partial charge is 0.0615 e. The molecule has 0 saturated carbocycles. The zero-order chi connectivity index (χ0) is 62.3. The van der Waals surface area contributed by atoms with Crippen LogP contribution >= 0.6 is 0 Å². The summed E-state index contributed by atoms with van der Waals surface area (Å²) < 4.78 is 5.77. The average molecular weight is 1330 g/mol. The van der Waals surface area contributed by atoms with Gasteiger partial charge in [0.25, 0.3) is 0 Å². The summed E-state index contributed by atoms with van der Waals surface area (Å²) in [6.45, 7) is 0. The molecule has 4 aromatic heterocycles. The van der Waals surface area contributed by atoms with Crippen molar-refractivity contribution >= 4 is 89.1 Å². The number of fused-ring (bicyclic) bond motifs is 8. The normalized spacial score (nSPS) is 11.4. The summed E-state index contributed by atoms with van der Waals surface area (Å²) in [6.07, 6.45) is 0. The van der Waals surface area contributed by atoms with Gasteiger partial charge in [0.2, 0.25) is 0 Å². The Labute approximate surface area is 555 Å². The van der Waals surface area contributed by atoms with Crippen LogP contribution in [-0.4, -0.2) is 58.9 Å². The molecule has 440 valence electrons. The molecule has 94 heavy (non-hydrogen) atoms. The first kappa shape index (κ1) is 56.6. The molecule has 0 N–H and O–H groups in total. The van der Waals surface area contributed by atoms with E-state index in [0.29, 0.717) is 34.9 Å². The van der Waals surface area contributed by atoms with Crippen molar-refractivity contribution in [2.45, 2.75) is 0 Å². The molecule has 0 atom stereocenters. The monoisotopic (exact) mass is 1330 g/mol. The molecule has 4 heterocycles. The third-order valence-corrected chi connectivity index (χ3v) is 22.5. The van der Waals surface area contributed by atoms with Crippen LogP contribution in [0.4, 0.5) is 0 Å². The molecule has 6 nitrogen and oxygen atoms in total. The number of rotatable bonds is 10. The second-order valence-electron chi connectivity index (χ2n) is 23.2. The quantitative estimate of drug-likeness (QED) is 0.127. The Morgan fingerprint density at radius 3 is 1.11 bits per heavy atom. The molecule has 0 aliphatic rings. The molecule has 14 aromatic carbocycles. The summed E-state index contributed by atoms with van der Waals surface area (Å²) in [4.78, 5) is 30.2. The van der Waals surface area contributed by atoms with Gasteiger partial charge in [0.05, 0.1) is 0 Å². The summed E-state index contributed by atoms with van der Waals surface area (Å²) in [6, 6.07) is 116. The van der Waals surface area contributed by atoms with Crippen molar-refractivity contribution < 1.29 is 0 Å².